The monoisotopic (exact) mass is 461 g/mol. The smallest absolute Gasteiger partial charge is 0.277 e. The summed E-state index contributed by atoms with van der Waals surface area (Å²) in [6.45, 7) is 2.40. The molecule has 2 aromatic rings. The van der Waals surface area contributed by atoms with Crippen LogP contribution in [-0.4, -0.2) is 38.3 Å². The summed E-state index contributed by atoms with van der Waals surface area (Å²) in [5, 5.41) is 5.57. The molecule has 1 aromatic carbocycles. The molecule has 0 aliphatic heterocycles. The van der Waals surface area contributed by atoms with Crippen LogP contribution in [0.3, 0.4) is 0 Å². The van der Waals surface area contributed by atoms with Crippen molar-refractivity contribution in [3.05, 3.63) is 55.6 Å². The lowest BCUT2D eigenvalue weighted by molar-refractivity contribution is -0.114. The van der Waals surface area contributed by atoms with Gasteiger partial charge in [0.25, 0.3) is 15.7 Å². The average Bonchev–Trinajstić information content (AvgIpc) is 3.00. The molecule has 0 atom stereocenters. The van der Waals surface area contributed by atoms with Crippen LogP contribution in [-0.2, 0) is 32.1 Å². The van der Waals surface area contributed by atoms with Crippen LogP contribution in [0.5, 0.6) is 0 Å². The van der Waals surface area contributed by atoms with Crippen LogP contribution in [0.15, 0.2) is 35.3 Å². The van der Waals surface area contributed by atoms with Crippen LogP contribution >= 0.6 is 11.3 Å². The van der Waals surface area contributed by atoms with Crippen LogP contribution in [0.25, 0.3) is 11.8 Å². The molecule has 1 amide bonds. The van der Waals surface area contributed by atoms with Gasteiger partial charge in [-0.15, -0.1) is 17.8 Å². The fraction of sp³-hybridized carbons (Fsp3) is 0.286. The second-order valence-corrected chi connectivity index (χ2v) is 8.97. The molecule has 2 N–H and O–H groups in total. The average molecular weight is 462 g/mol. The second-order valence-electron chi connectivity index (χ2n) is 6.29. The number of thiazole rings is 1. The van der Waals surface area contributed by atoms with Crippen LogP contribution in [0.2, 0.25) is 0 Å². The highest BCUT2D eigenvalue weighted by Gasteiger charge is 2.04. The number of carbonyl (C=O) groups excluding carboxylic acids is 1. The number of rotatable bonds is 9. The molecule has 0 saturated heterocycles. The zero-order valence-electron chi connectivity index (χ0n) is 17.2. The Labute approximate surface area is 184 Å². The summed E-state index contributed by atoms with van der Waals surface area (Å²) in [7, 11) is -3.47. The fourth-order valence-electron chi connectivity index (χ4n) is 2.54. The Morgan fingerprint density at radius 3 is 2.84 bits per heavy atom. The van der Waals surface area contributed by atoms with E-state index in [0.29, 0.717) is 22.2 Å². The minimum atomic E-state index is -3.47. The van der Waals surface area contributed by atoms with Gasteiger partial charge >= 0.3 is 0 Å². The largest absolute Gasteiger partial charge is 0.355 e. The lowest BCUT2D eigenvalue weighted by atomic mass is 10.1. The third kappa shape index (κ3) is 7.92. The van der Waals surface area contributed by atoms with E-state index in [-0.39, 0.29) is 24.6 Å². The Balaban J connectivity index is 2.21. The van der Waals surface area contributed by atoms with Gasteiger partial charge in [-0.05, 0) is 31.0 Å². The lowest BCUT2D eigenvalue weighted by Gasteiger charge is -2.05. The van der Waals surface area contributed by atoms with Crippen LogP contribution in [0.4, 0.5) is 5.69 Å². The van der Waals surface area contributed by atoms with Crippen molar-refractivity contribution in [3.8, 4) is 12.3 Å². The third-order valence-electron chi connectivity index (χ3n) is 3.90. The van der Waals surface area contributed by atoms with Crippen molar-refractivity contribution in [2.75, 3.05) is 24.7 Å². The first kappa shape index (κ1) is 24.2. The molecule has 31 heavy (non-hydrogen) atoms. The minimum absolute atomic E-state index is 0.0597. The van der Waals surface area contributed by atoms with Gasteiger partial charge in [0.05, 0.1) is 19.4 Å². The SMILES string of the molecule is C#CCNC(=O)/C=c1\sc(=C=CNc2cccc(CCOS(C)(=O)=O)c2)c(=O)n1CC. The van der Waals surface area contributed by atoms with E-state index in [1.165, 1.54) is 16.8 Å². The molecule has 0 saturated carbocycles. The molecule has 0 radical (unpaired) electrons. The maximum absolute atomic E-state index is 12.5. The van der Waals surface area contributed by atoms with Crippen LogP contribution in [0.1, 0.15) is 12.5 Å². The molecular formula is C21H23N3O5S2. The maximum atomic E-state index is 12.5. The Hall–Kier alpha value is -3.09. The molecule has 0 fully saturated rings. The number of hydrogen-bond acceptors (Lipinski definition) is 7. The molecule has 164 valence electrons. The Kier molecular flexibility index (Phi) is 8.85. The number of anilines is 1. The summed E-state index contributed by atoms with van der Waals surface area (Å²) in [5.74, 6) is 1.95. The summed E-state index contributed by atoms with van der Waals surface area (Å²) in [6, 6.07) is 7.35. The zero-order chi connectivity index (χ0) is 22.9. The summed E-state index contributed by atoms with van der Waals surface area (Å²) < 4.78 is 29.2. The van der Waals surface area contributed by atoms with Gasteiger partial charge in [-0.2, -0.15) is 8.42 Å². The van der Waals surface area contributed by atoms with Gasteiger partial charge in [0, 0.05) is 24.5 Å². The summed E-state index contributed by atoms with van der Waals surface area (Å²) in [4.78, 5) is 24.4. The van der Waals surface area contributed by atoms with Crippen molar-refractivity contribution in [1.29, 1.82) is 0 Å². The molecule has 0 unspecified atom stereocenters. The topological polar surface area (TPSA) is 106 Å². The van der Waals surface area contributed by atoms with Gasteiger partial charge in [0.15, 0.2) is 0 Å². The van der Waals surface area contributed by atoms with E-state index >= 15 is 0 Å². The van der Waals surface area contributed by atoms with Crippen LogP contribution in [0, 0.1) is 12.3 Å². The first-order valence-electron chi connectivity index (χ1n) is 9.31. The number of hydrogen-bond donors (Lipinski definition) is 2. The molecule has 0 aliphatic carbocycles. The molecule has 8 nitrogen and oxygen atoms in total. The molecule has 1 heterocycles. The number of benzene rings is 1. The van der Waals surface area contributed by atoms with Gasteiger partial charge in [0.1, 0.15) is 9.20 Å². The Morgan fingerprint density at radius 2 is 2.16 bits per heavy atom. The van der Waals surface area contributed by atoms with E-state index < -0.39 is 10.1 Å². The molecule has 2 rings (SSSR count). The van der Waals surface area contributed by atoms with E-state index in [0.717, 1.165) is 28.8 Å². The predicted molar refractivity (Wildman–Crippen MR) is 122 cm³/mol. The molecule has 1 aromatic heterocycles. The number of nitrogens with zero attached hydrogens (tertiary/aromatic N) is 1. The van der Waals surface area contributed by atoms with E-state index in [2.05, 4.69) is 22.3 Å². The highest BCUT2D eigenvalue weighted by atomic mass is 32.2. The van der Waals surface area contributed by atoms with Gasteiger partial charge < -0.3 is 10.6 Å². The normalized spacial score (nSPS) is 11.5. The molecule has 0 spiro atoms. The number of terminal acetylenes is 1. The summed E-state index contributed by atoms with van der Waals surface area (Å²) in [6.07, 6.45) is 9.42. The van der Waals surface area contributed by atoms with Gasteiger partial charge in [-0.25, -0.2) is 0 Å². The number of carbonyl (C=O) groups is 1. The Bertz CT molecular complexity index is 1290. The van der Waals surface area contributed by atoms with Gasteiger partial charge in [-0.3, -0.25) is 18.3 Å². The van der Waals surface area contributed by atoms with Crippen LogP contribution < -0.4 is 25.4 Å². The van der Waals surface area contributed by atoms with E-state index in [1.54, 1.807) is 0 Å². The molecular weight excluding hydrogens is 438 g/mol. The van der Waals surface area contributed by atoms with E-state index in [4.69, 9.17) is 10.6 Å². The van der Waals surface area contributed by atoms with Crippen molar-refractivity contribution >= 4 is 44.9 Å². The zero-order valence-corrected chi connectivity index (χ0v) is 18.8. The lowest BCUT2D eigenvalue weighted by Crippen LogP contribution is -2.31. The highest BCUT2D eigenvalue weighted by Crippen LogP contribution is 2.11. The minimum Gasteiger partial charge on any atom is -0.355 e. The number of aromatic nitrogens is 1. The van der Waals surface area contributed by atoms with Gasteiger partial charge in [0.2, 0.25) is 5.91 Å². The van der Waals surface area contributed by atoms with Crippen molar-refractivity contribution < 1.29 is 17.4 Å². The first-order chi connectivity index (χ1) is 14.7. The van der Waals surface area contributed by atoms with E-state index in [9.17, 15) is 18.0 Å². The number of nitrogens with one attached hydrogen (secondary N) is 2. The highest BCUT2D eigenvalue weighted by molar-refractivity contribution is 7.85. The van der Waals surface area contributed by atoms with E-state index in [1.807, 2.05) is 31.2 Å². The standard InChI is InChI=1S/C21H23N3O5S2/c1-4-11-23-19(25)15-20-24(5-2)21(26)18(30-20)9-12-22-17-8-6-7-16(14-17)10-13-29-31(3,27)28/h1,6-8,12,14-15,22H,5,10-11,13H2,2-3H3,(H,23,25)/b20-15-. The van der Waals surface area contributed by atoms with Crippen molar-refractivity contribution in [1.82, 2.24) is 9.88 Å². The third-order valence-corrected chi connectivity index (χ3v) is 5.54. The van der Waals surface area contributed by atoms with Crippen molar-refractivity contribution in [2.24, 2.45) is 0 Å². The molecule has 0 aliphatic rings. The summed E-state index contributed by atoms with van der Waals surface area (Å²) >= 11 is 1.15. The number of amides is 1. The fourth-order valence-corrected chi connectivity index (χ4v) is 3.94. The molecule has 0 bridgehead atoms. The predicted octanol–water partition coefficient (Wildman–Crippen LogP) is -0.0165. The Morgan fingerprint density at radius 1 is 1.39 bits per heavy atom. The first-order valence-corrected chi connectivity index (χ1v) is 11.9. The quantitative estimate of drug-likeness (QED) is 0.402. The van der Waals surface area contributed by atoms with Gasteiger partial charge in [-0.1, -0.05) is 23.8 Å². The second kappa shape index (κ2) is 11.3. The summed E-state index contributed by atoms with van der Waals surface area (Å²) in [5.41, 5.74) is 4.31. The van der Waals surface area contributed by atoms with Crippen molar-refractivity contribution in [3.63, 3.8) is 0 Å². The molecule has 10 heteroatoms. The van der Waals surface area contributed by atoms with Crippen molar-refractivity contribution in [2.45, 2.75) is 19.9 Å². The maximum Gasteiger partial charge on any atom is 0.277 e.